The molecule has 0 unspecified atom stereocenters. The van der Waals surface area contributed by atoms with Crippen molar-refractivity contribution >= 4 is 22.6 Å². The third kappa shape index (κ3) is 4.70. The molecule has 2 fully saturated rings. The predicted molar refractivity (Wildman–Crippen MR) is 111 cm³/mol. The Morgan fingerprint density at radius 1 is 1.00 bits per heavy atom. The first kappa shape index (κ1) is 19.7. The first-order valence-corrected chi connectivity index (χ1v) is 10.5. The fraction of sp³-hybridized carbons (Fsp3) is 0.478. The molecule has 2 saturated heterocycles. The highest BCUT2D eigenvalue weighted by Gasteiger charge is 2.31. The van der Waals surface area contributed by atoms with Crippen LogP contribution in [0.3, 0.4) is 0 Å². The zero-order valence-electron chi connectivity index (χ0n) is 16.7. The molecule has 154 valence electrons. The van der Waals surface area contributed by atoms with Crippen molar-refractivity contribution in [2.24, 2.45) is 0 Å². The quantitative estimate of drug-likeness (QED) is 0.705. The molecule has 2 aliphatic heterocycles. The minimum atomic E-state index is -0.275. The number of fused-ring (bicyclic) bond motifs is 1. The van der Waals surface area contributed by atoms with E-state index < -0.39 is 0 Å². The number of amides is 2. The van der Waals surface area contributed by atoms with E-state index in [-0.39, 0.29) is 17.9 Å². The summed E-state index contributed by atoms with van der Waals surface area (Å²) in [6.07, 6.45) is 2.63. The van der Waals surface area contributed by atoms with Crippen LogP contribution < -0.4 is 4.74 Å². The van der Waals surface area contributed by atoms with Crippen LogP contribution in [-0.2, 0) is 14.3 Å². The van der Waals surface area contributed by atoms with Gasteiger partial charge in [0.15, 0.2) is 0 Å². The standard InChI is InChI=1S/C23H28N2O4/c26-22(24-12-14-25(15-13-24)23(27)21-10-4-16-29-21)11-5-17-28-20-9-3-7-18-6-1-2-8-19(18)20/h1-3,6-9,21H,4-5,10-17H2/t21-/m1/s1. The second-order valence-corrected chi connectivity index (χ2v) is 7.64. The number of rotatable bonds is 6. The molecule has 0 saturated carbocycles. The molecule has 6 nitrogen and oxygen atoms in total. The van der Waals surface area contributed by atoms with Crippen LogP contribution in [0, 0.1) is 0 Å². The molecule has 0 bridgehead atoms. The fourth-order valence-electron chi connectivity index (χ4n) is 4.04. The monoisotopic (exact) mass is 396 g/mol. The molecule has 4 rings (SSSR count). The number of benzene rings is 2. The molecule has 2 aliphatic rings. The Balaban J connectivity index is 1.19. The van der Waals surface area contributed by atoms with Gasteiger partial charge in [-0.05, 0) is 30.7 Å². The maximum Gasteiger partial charge on any atom is 0.251 e. The summed E-state index contributed by atoms with van der Waals surface area (Å²) in [5.74, 6) is 1.07. The zero-order valence-corrected chi connectivity index (χ0v) is 16.7. The van der Waals surface area contributed by atoms with Crippen LogP contribution >= 0.6 is 0 Å². The van der Waals surface area contributed by atoms with Gasteiger partial charge >= 0.3 is 0 Å². The number of hydrogen-bond donors (Lipinski definition) is 0. The van der Waals surface area contributed by atoms with E-state index in [9.17, 15) is 9.59 Å². The summed E-state index contributed by atoms with van der Waals surface area (Å²) in [6, 6.07) is 14.1. The van der Waals surface area contributed by atoms with Gasteiger partial charge in [-0.2, -0.15) is 0 Å². The Hall–Kier alpha value is -2.60. The topological polar surface area (TPSA) is 59.1 Å². The highest BCUT2D eigenvalue weighted by atomic mass is 16.5. The van der Waals surface area contributed by atoms with Gasteiger partial charge in [0, 0.05) is 44.6 Å². The summed E-state index contributed by atoms with van der Waals surface area (Å²) in [5.41, 5.74) is 0. The van der Waals surface area contributed by atoms with Gasteiger partial charge in [0.25, 0.3) is 5.91 Å². The van der Waals surface area contributed by atoms with Crippen molar-refractivity contribution in [1.29, 1.82) is 0 Å². The summed E-state index contributed by atoms with van der Waals surface area (Å²) in [6.45, 7) is 3.57. The van der Waals surface area contributed by atoms with Crippen molar-refractivity contribution in [1.82, 2.24) is 9.80 Å². The number of piperazine rings is 1. The molecule has 1 atom stereocenters. The van der Waals surface area contributed by atoms with E-state index in [4.69, 9.17) is 9.47 Å². The molecule has 0 spiro atoms. The Bertz CT molecular complexity index is 850. The second kappa shape index (κ2) is 9.27. The summed E-state index contributed by atoms with van der Waals surface area (Å²) < 4.78 is 11.4. The molecule has 0 aromatic heterocycles. The SMILES string of the molecule is O=C(CCCOc1cccc2ccccc12)N1CCN(C(=O)[C@H]2CCCO2)CC1. The first-order chi connectivity index (χ1) is 14.2. The zero-order chi connectivity index (χ0) is 20.1. The lowest BCUT2D eigenvalue weighted by atomic mass is 10.1. The van der Waals surface area contributed by atoms with Crippen LogP contribution in [0.25, 0.3) is 10.8 Å². The summed E-state index contributed by atoms with van der Waals surface area (Å²) >= 11 is 0. The van der Waals surface area contributed by atoms with Gasteiger partial charge in [0.2, 0.25) is 5.91 Å². The number of nitrogens with zero attached hydrogens (tertiary/aromatic N) is 2. The second-order valence-electron chi connectivity index (χ2n) is 7.64. The molecule has 2 heterocycles. The third-order valence-corrected chi connectivity index (χ3v) is 5.69. The van der Waals surface area contributed by atoms with Crippen LogP contribution in [0.15, 0.2) is 42.5 Å². The predicted octanol–water partition coefficient (Wildman–Crippen LogP) is 2.85. The van der Waals surface area contributed by atoms with Gasteiger partial charge in [-0.3, -0.25) is 9.59 Å². The van der Waals surface area contributed by atoms with Gasteiger partial charge in [0.1, 0.15) is 11.9 Å². The summed E-state index contributed by atoms with van der Waals surface area (Å²) in [4.78, 5) is 28.6. The molecule has 0 N–H and O–H groups in total. The van der Waals surface area contributed by atoms with E-state index in [1.807, 2.05) is 40.1 Å². The van der Waals surface area contributed by atoms with E-state index in [1.165, 1.54) is 0 Å². The van der Waals surface area contributed by atoms with Gasteiger partial charge in [-0.15, -0.1) is 0 Å². The normalized spacial score (nSPS) is 19.5. The Labute approximate surface area is 171 Å². The van der Waals surface area contributed by atoms with Crippen molar-refractivity contribution in [2.75, 3.05) is 39.4 Å². The first-order valence-electron chi connectivity index (χ1n) is 10.5. The Morgan fingerprint density at radius 2 is 1.76 bits per heavy atom. The highest BCUT2D eigenvalue weighted by molar-refractivity contribution is 5.88. The van der Waals surface area contributed by atoms with Crippen molar-refractivity contribution < 1.29 is 19.1 Å². The molecular weight excluding hydrogens is 368 g/mol. The molecule has 6 heteroatoms. The molecule has 0 radical (unpaired) electrons. The minimum Gasteiger partial charge on any atom is -0.493 e. The molecule has 29 heavy (non-hydrogen) atoms. The van der Waals surface area contributed by atoms with Crippen LogP contribution in [-0.4, -0.2) is 67.1 Å². The lowest BCUT2D eigenvalue weighted by Gasteiger charge is -2.35. The molecular formula is C23H28N2O4. The van der Waals surface area contributed by atoms with Gasteiger partial charge in [-0.1, -0.05) is 36.4 Å². The third-order valence-electron chi connectivity index (χ3n) is 5.69. The molecule has 2 aromatic carbocycles. The van der Waals surface area contributed by atoms with Crippen LogP contribution in [0.4, 0.5) is 0 Å². The average molecular weight is 396 g/mol. The van der Waals surface area contributed by atoms with Crippen molar-refractivity contribution in [3.63, 3.8) is 0 Å². The lowest BCUT2D eigenvalue weighted by molar-refractivity contribution is -0.146. The lowest BCUT2D eigenvalue weighted by Crippen LogP contribution is -2.52. The summed E-state index contributed by atoms with van der Waals surface area (Å²) in [7, 11) is 0. The Kier molecular flexibility index (Phi) is 6.30. The maximum atomic E-state index is 12.5. The number of ether oxygens (including phenoxy) is 2. The van der Waals surface area contributed by atoms with E-state index in [1.54, 1.807) is 0 Å². The minimum absolute atomic E-state index is 0.0816. The summed E-state index contributed by atoms with van der Waals surface area (Å²) in [5, 5.41) is 2.24. The van der Waals surface area contributed by atoms with Crippen molar-refractivity contribution in [3.8, 4) is 5.75 Å². The van der Waals surface area contributed by atoms with E-state index in [2.05, 4.69) is 12.1 Å². The largest absolute Gasteiger partial charge is 0.493 e. The average Bonchev–Trinajstić information content (AvgIpc) is 3.31. The van der Waals surface area contributed by atoms with Gasteiger partial charge in [0.05, 0.1) is 6.61 Å². The number of carbonyl (C=O) groups excluding carboxylic acids is 2. The van der Waals surface area contributed by atoms with E-state index in [0.29, 0.717) is 52.2 Å². The smallest absolute Gasteiger partial charge is 0.251 e. The van der Waals surface area contributed by atoms with E-state index >= 15 is 0 Å². The van der Waals surface area contributed by atoms with Crippen molar-refractivity contribution in [2.45, 2.75) is 31.8 Å². The van der Waals surface area contributed by atoms with Gasteiger partial charge < -0.3 is 19.3 Å². The molecule has 2 amide bonds. The molecule has 0 aliphatic carbocycles. The maximum absolute atomic E-state index is 12.5. The number of carbonyl (C=O) groups is 2. The van der Waals surface area contributed by atoms with E-state index in [0.717, 1.165) is 29.4 Å². The van der Waals surface area contributed by atoms with Crippen LogP contribution in [0.1, 0.15) is 25.7 Å². The highest BCUT2D eigenvalue weighted by Crippen LogP contribution is 2.25. The van der Waals surface area contributed by atoms with Gasteiger partial charge in [-0.25, -0.2) is 0 Å². The van der Waals surface area contributed by atoms with Crippen LogP contribution in [0.5, 0.6) is 5.75 Å². The van der Waals surface area contributed by atoms with Crippen molar-refractivity contribution in [3.05, 3.63) is 42.5 Å². The fourth-order valence-corrected chi connectivity index (χ4v) is 4.04. The Morgan fingerprint density at radius 3 is 2.55 bits per heavy atom. The molecule has 2 aromatic rings. The van der Waals surface area contributed by atoms with Crippen LogP contribution in [0.2, 0.25) is 0 Å². The number of hydrogen-bond acceptors (Lipinski definition) is 4.